The highest BCUT2D eigenvalue weighted by Gasteiger charge is 2.27. The van der Waals surface area contributed by atoms with Crippen molar-refractivity contribution in [1.29, 1.82) is 0 Å². The second-order valence-corrected chi connectivity index (χ2v) is 10.5. The van der Waals surface area contributed by atoms with Crippen LogP contribution in [0, 0.1) is 0 Å². The quantitative estimate of drug-likeness (QED) is 0.221. The van der Waals surface area contributed by atoms with Gasteiger partial charge < -0.3 is 10.6 Å². The number of hydrogen-bond donors (Lipinski definition) is 2. The molecule has 1 aromatic heterocycles. The van der Waals surface area contributed by atoms with Crippen molar-refractivity contribution >= 4 is 40.5 Å². The van der Waals surface area contributed by atoms with Gasteiger partial charge in [0.05, 0.1) is 17.8 Å². The van der Waals surface area contributed by atoms with Crippen LogP contribution >= 0.6 is 11.6 Å². The Bertz CT molecular complexity index is 1770. The lowest BCUT2D eigenvalue weighted by atomic mass is 9.95. The molecule has 0 saturated carbocycles. The van der Waals surface area contributed by atoms with Crippen LogP contribution in [0.15, 0.2) is 126 Å². The molecule has 5 aromatic rings. The van der Waals surface area contributed by atoms with Gasteiger partial charge in [0.25, 0.3) is 0 Å². The van der Waals surface area contributed by atoms with Gasteiger partial charge >= 0.3 is 0 Å². The number of benzodiazepines with no additional fused rings is 1. The Kier molecular flexibility index (Phi) is 7.88. The van der Waals surface area contributed by atoms with Gasteiger partial charge in [0, 0.05) is 40.1 Å². The molecule has 0 fully saturated rings. The molecule has 0 bridgehead atoms. The number of nitrogens with zero attached hydrogens (tertiary/aromatic N) is 2. The molecule has 42 heavy (non-hydrogen) atoms. The molecule has 6 nitrogen and oxygen atoms in total. The van der Waals surface area contributed by atoms with E-state index in [0.717, 1.165) is 27.8 Å². The van der Waals surface area contributed by atoms with E-state index in [1.165, 1.54) is 0 Å². The fourth-order valence-electron chi connectivity index (χ4n) is 5.08. The standard InChI is InChI=1S/C35H27ClN4O2/c36-26-15-18-30-31(21-26)40-35(42)32(20-25-10-4-5-12-29(25)23-8-2-1-3-9-23)39-34(30)24-13-16-27(17-14-24)38-33(41)22-28-11-6-7-19-37-28/h1-19,21,32H,20,22H2,(H,38,41)(H,40,42). The first kappa shape index (κ1) is 27.1. The summed E-state index contributed by atoms with van der Waals surface area (Å²) in [5, 5.41) is 6.50. The fraction of sp³-hybridized carbons (Fsp3) is 0.0857. The first-order chi connectivity index (χ1) is 20.5. The number of nitrogens with one attached hydrogen (secondary N) is 2. The summed E-state index contributed by atoms with van der Waals surface area (Å²) in [4.78, 5) is 35.3. The van der Waals surface area contributed by atoms with Crippen LogP contribution in [-0.4, -0.2) is 28.6 Å². The minimum absolute atomic E-state index is 0.153. The molecule has 2 heterocycles. The summed E-state index contributed by atoms with van der Waals surface area (Å²) >= 11 is 6.32. The lowest BCUT2D eigenvalue weighted by Crippen LogP contribution is -2.27. The number of benzene rings is 4. The van der Waals surface area contributed by atoms with Crippen molar-refractivity contribution in [2.45, 2.75) is 18.9 Å². The van der Waals surface area contributed by atoms with Crippen molar-refractivity contribution < 1.29 is 9.59 Å². The third kappa shape index (κ3) is 6.14. The third-order valence-corrected chi connectivity index (χ3v) is 7.34. The third-order valence-electron chi connectivity index (χ3n) is 7.11. The zero-order valence-corrected chi connectivity index (χ0v) is 23.4. The number of anilines is 2. The van der Waals surface area contributed by atoms with E-state index in [1.54, 1.807) is 18.3 Å². The van der Waals surface area contributed by atoms with Gasteiger partial charge in [-0.3, -0.25) is 19.6 Å². The predicted molar refractivity (Wildman–Crippen MR) is 168 cm³/mol. The summed E-state index contributed by atoms with van der Waals surface area (Å²) in [5.74, 6) is -0.352. The summed E-state index contributed by atoms with van der Waals surface area (Å²) in [5.41, 5.74) is 7.42. The van der Waals surface area contributed by atoms with Gasteiger partial charge in [-0.1, -0.05) is 84.4 Å². The Morgan fingerprint density at radius 1 is 0.810 bits per heavy atom. The number of fused-ring (bicyclic) bond motifs is 1. The monoisotopic (exact) mass is 570 g/mol. The van der Waals surface area contributed by atoms with Crippen LogP contribution in [0.25, 0.3) is 11.1 Å². The van der Waals surface area contributed by atoms with Gasteiger partial charge in [-0.15, -0.1) is 0 Å². The van der Waals surface area contributed by atoms with Crippen LogP contribution in [-0.2, 0) is 22.4 Å². The molecular formula is C35H27ClN4O2. The molecule has 1 aliphatic heterocycles. The minimum Gasteiger partial charge on any atom is -0.326 e. The van der Waals surface area contributed by atoms with Crippen LogP contribution in [0.2, 0.25) is 5.02 Å². The molecule has 206 valence electrons. The number of hydrogen-bond acceptors (Lipinski definition) is 4. The Balaban J connectivity index is 1.31. The minimum atomic E-state index is -0.672. The van der Waals surface area contributed by atoms with Gasteiger partial charge in [-0.05, 0) is 59.2 Å². The molecule has 0 spiro atoms. The Morgan fingerprint density at radius 2 is 1.57 bits per heavy atom. The van der Waals surface area contributed by atoms with Gasteiger partial charge in [0.2, 0.25) is 11.8 Å². The van der Waals surface area contributed by atoms with Gasteiger partial charge in [0.1, 0.15) is 6.04 Å². The van der Waals surface area contributed by atoms with Crippen molar-refractivity contribution in [2.24, 2.45) is 4.99 Å². The average Bonchev–Trinajstić information content (AvgIpc) is 3.14. The number of rotatable bonds is 7. The maximum atomic E-state index is 13.5. The van der Waals surface area contributed by atoms with Crippen molar-refractivity contribution in [3.05, 3.63) is 149 Å². The van der Waals surface area contributed by atoms with Crippen LogP contribution in [0.4, 0.5) is 11.4 Å². The van der Waals surface area contributed by atoms with Crippen LogP contribution in [0.3, 0.4) is 0 Å². The molecule has 0 saturated heterocycles. The maximum Gasteiger partial charge on any atom is 0.249 e. The first-order valence-corrected chi connectivity index (χ1v) is 14.0. The Hall–Kier alpha value is -5.07. The Labute approximate surface area is 249 Å². The van der Waals surface area contributed by atoms with E-state index in [-0.39, 0.29) is 18.2 Å². The first-order valence-electron chi connectivity index (χ1n) is 13.7. The molecule has 1 unspecified atom stereocenters. The van der Waals surface area contributed by atoms with Gasteiger partial charge in [-0.25, -0.2) is 0 Å². The highest BCUT2D eigenvalue weighted by atomic mass is 35.5. The van der Waals surface area contributed by atoms with E-state index in [9.17, 15) is 9.59 Å². The lowest BCUT2D eigenvalue weighted by Gasteiger charge is -2.15. The molecule has 2 amide bonds. The lowest BCUT2D eigenvalue weighted by molar-refractivity contribution is -0.117. The van der Waals surface area contributed by atoms with Crippen LogP contribution in [0.5, 0.6) is 0 Å². The summed E-state index contributed by atoms with van der Waals surface area (Å²) in [6.45, 7) is 0. The van der Waals surface area contributed by atoms with E-state index in [2.05, 4.69) is 33.8 Å². The number of halogens is 1. The molecule has 0 aliphatic carbocycles. The van der Waals surface area contributed by atoms with Gasteiger partial charge in [0.15, 0.2) is 0 Å². The van der Waals surface area contributed by atoms with Crippen LogP contribution < -0.4 is 10.6 Å². The molecule has 4 aromatic carbocycles. The van der Waals surface area contributed by atoms with E-state index < -0.39 is 6.04 Å². The second-order valence-electron chi connectivity index (χ2n) is 10.0. The molecular weight excluding hydrogens is 544 g/mol. The summed E-state index contributed by atoms with van der Waals surface area (Å²) in [6, 6.07) is 35.9. The summed E-state index contributed by atoms with van der Waals surface area (Å²) in [6.07, 6.45) is 2.27. The molecule has 6 rings (SSSR count). The number of aromatic nitrogens is 1. The average molecular weight is 571 g/mol. The summed E-state index contributed by atoms with van der Waals surface area (Å²) < 4.78 is 0. The van der Waals surface area contributed by atoms with Crippen molar-refractivity contribution in [1.82, 2.24) is 4.98 Å². The number of aliphatic imine (C=N–C) groups is 1. The summed E-state index contributed by atoms with van der Waals surface area (Å²) in [7, 11) is 0. The van der Waals surface area contributed by atoms with Gasteiger partial charge in [-0.2, -0.15) is 0 Å². The molecule has 0 radical (unpaired) electrons. The largest absolute Gasteiger partial charge is 0.326 e. The number of amides is 2. The molecule has 1 atom stereocenters. The zero-order valence-electron chi connectivity index (χ0n) is 22.6. The smallest absolute Gasteiger partial charge is 0.249 e. The second kappa shape index (κ2) is 12.2. The van der Waals surface area contributed by atoms with Crippen molar-refractivity contribution in [3.8, 4) is 11.1 Å². The number of carbonyl (C=O) groups is 2. The van der Waals surface area contributed by atoms with Crippen molar-refractivity contribution in [3.63, 3.8) is 0 Å². The van der Waals surface area contributed by atoms with E-state index in [4.69, 9.17) is 16.6 Å². The molecule has 7 heteroatoms. The predicted octanol–water partition coefficient (Wildman–Crippen LogP) is 6.98. The fourth-order valence-corrected chi connectivity index (χ4v) is 5.26. The van der Waals surface area contributed by atoms with E-state index in [0.29, 0.717) is 34.2 Å². The highest BCUT2D eigenvalue weighted by Crippen LogP contribution is 2.30. The maximum absolute atomic E-state index is 13.5. The molecule has 2 N–H and O–H groups in total. The van der Waals surface area contributed by atoms with Crippen LogP contribution in [0.1, 0.15) is 22.4 Å². The Morgan fingerprint density at radius 3 is 2.36 bits per heavy atom. The van der Waals surface area contributed by atoms with E-state index >= 15 is 0 Å². The SMILES string of the molecule is O=C(Cc1ccccn1)Nc1ccc(C2=NC(Cc3ccccc3-c3ccccc3)C(=O)Nc3cc(Cl)ccc32)cc1. The zero-order chi connectivity index (χ0) is 28.9. The topological polar surface area (TPSA) is 83.5 Å². The molecule has 1 aliphatic rings. The van der Waals surface area contributed by atoms with Crippen molar-refractivity contribution in [2.75, 3.05) is 10.6 Å². The van der Waals surface area contributed by atoms with E-state index in [1.807, 2.05) is 84.9 Å². The highest BCUT2D eigenvalue weighted by molar-refractivity contribution is 6.31. The number of carbonyl (C=O) groups excluding carboxylic acids is 2. The normalized spacial score (nSPS) is 14.3. The number of pyridine rings is 1.